The van der Waals surface area contributed by atoms with Gasteiger partial charge in [-0.1, -0.05) is 152 Å². The lowest BCUT2D eigenvalue weighted by molar-refractivity contribution is 1.22. The van der Waals surface area contributed by atoms with E-state index in [1.807, 2.05) is 0 Å². The van der Waals surface area contributed by atoms with Crippen LogP contribution in [0.2, 0.25) is 0 Å². The minimum absolute atomic E-state index is 0.000748. The van der Waals surface area contributed by atoms with Gasteiger partial charge in [-0.2, -0.15) is 0 Å². The van der Waals surface area contributed by atoms with Crippen molar-refractivity contribution in [3.05, 3.63) is 230 Å². The Balaban J connectivity index is 1.18. The third-order valence-electron chi connectivity index (χ3n) is 11.9. The number of para-hydroxylation sites is 3. The Morgan fingerprint density at radius 2 is 0.864 bits per heavy atom. The number of hydrogen-bond acceptors (Lipinski definition) is 3. The molecule has 0 aliphatic carbocycles. The van der Waals surface area contributed by atoms with Crippen molar-refractivity contribution in [1.82, 2.24) is 0 Å². The van der Waals surface area contributed by atoms with Crippen LogP contribution >= 0.6 is 0 Å². The molecule has 278 valence electrons. The van der Waals surface area contributed by atoms with Crippen LogP contribution in [0.4, 0.5) is 51.2 Å². The van der Waals surface area contributed by atoms with Gasteiger partial charge in [-0.25, -0.2) is 0 Å². The van der Waals surface area contributed by atoms with Gasteiger partial charge in [0.2, 0.25) is 0 Å². The van der Waals surface area contributed by atoms with Gasteiger partial charge in [0.15, 0.2) is 0 Å². The number of aryl methyl sites for hydroxylation is 1. The second-order valence-corrected chi connectivity index (χ2v) is 15.4. The summed E-state index contributed by atoms with van der Waals surface area (Å²) >= 11 is 0. The number of benzene rings is 9. The van der Waals surface area contributed by atoms with Gasteiger partial charge in [-0.3, -0.25) is 0 Å². The van der Waals surface area contributed by atoms with E-state index >= 15 is 0 Å². The maximum atomic E-state index is 2.54. The summed E-state index contributed by atoms with van der Waals surface area (Å²) < 4.78 is 0. The van der Waals surface area contributed by atoms with E-state index in [0.29, 0.717) is 0 Å². The zero-order valence-corrected chi connectivity index (χ0v) is 32.8. The molecule has 9 aromatic rings. The summed E-state index contributed by atoms with van der Waals surface area (Å²) in [6.45, 7) is 2.27. The number of rotatable bonds is 7. The molecule has 11 rings (SSSR count). The van der Waals surface area contributed by atoms with Gasteiger partial charge in [-0.15, -0.1) is 0 Å². The van der Waals surface area contributed by atoms with Gasteiger partial charge in [0.1, 0.15) is 0 Å². The highest BCUT2D eigenvalue weighted by molar-refractivity contribution is 7.00. The normalized spacial score (nSPS) is 12.4. The highest BCUT2D eigenvalue weighted by Gasteiger charge is 2.44. The Morgan fingerprint density at radius 3 is 1.49 bits per heavy atom. The topological polar surface area (TPSA) is 9.72 Å². The van der Waals surface area contributed by atoms with Gasteiger partial charge in [0, 0.05) is 51.2 Å². The highest BCUT2D eigenvalue weighted by atomic mass is 15.2. The molecule has 0 fully saturated rings. The maximum Gasteiger partial charge on any atom is 0.252 e. The van der Waals surface area contributed by atoms with E-state index < -0.39 is 0 Å². The first-order valence-corrected chi connectivity index (χ1v) is 20.4. The zero-order chi connectivity index (χ0) is 39.3. The van der Waals surface area contributed by atoms with Gasteiger partial charge in [0.25, 0.3) is 6.71 Å². The van der Waals surface area contributed by atoms with Crippen LogP contribution in [0.15, 0.2) is 224 Å². The summed E-state index contributed by atoms with van der Waals surface area (Å²) in [5, 5.41) is 0. The average molecular weight is 754 g/mol. The van der Waals surface area contributed by atoms with E-state index in [1.54, 1.807) is 0 Å². The summed E-state index contributed by atoms with van der Waals surface area (Å²) in [4.78, 5) is 7.39. The number of nitrogens with zero attached hydrogens (tertiary/aromatic N) is 3. The molecule has 0 amide bonds. The minimum atomic E-state index is -0.000748. The van der Waals surface area contributed by atoms with Gasteiger partial charge in [0.05, 0.1) is 0 Å². The molecule has 0 radical (unpaired) electrons. The van der Waals surface area contributed by atoms with Crippen LogP contribution in [0.3, 0.4) is 0 Å². The minimum Gasteiger partial charge on any atom is -0.311 e. The summed E-state index contributed by atoms with van der Waals surface area (Å²) in [7, 11) is 0. The quantitative estimate of drug-likeness (QED) is 0.150. The molecule has 0 saturated carbocycles. The molecule has 0 unspecified atom stereocenters. The molecule has 0 N–H and O–H groups in total. The Morgan fingerprint density at radius 1 is 0.356 bits per heavy atom. The van der Waals surface area contributed by atoms with E-state index in [0.717, 1.165) is 28.4 Å². The largest absolute Gasteiger partial charge is 0.311 e. The first-order chi connectivity index (χ1) is 29.2. The third-order valence-corrected chi connectivity index (χ3v) is 11.9. The Labute approximate surface area is 346 Å². The Kier molecular flexibility index (Phi) is 8.48. The SMILES string of the molecule is Cc1ccc2c3c1N(c1cccc(-c4ccccc4)c1)c1cc(-c4ccccc4)ccc1B3c1ccc(N(c3ccccc3)c3ccccc3)cc1N2c1ccccc1. The predicted octanol–water partition coefficient (Wildman–Crippen LogP) is 12.9. The number of fused-ring (bicyclic) bond motifs is 4. The van der Waals surface area contributed by atoms with E-state index in [1.165, 1.54) is 67.0 Å². The van der Waals surface area contributed by atoms with Crippen molar-refractivity contribution in [2.75, 3.05) is 14.7 Å². The highest BCUT2D eigenvalue weighted by Crippen LogP contribution is 2.47. The third kappa shape index (κ3) is 5.92. The Hall–Kier alpha value is -7.56. The number of anilines is 9. The number of hydrogen-bond donors (Lipinski definition) is 0. The molecule has 59 heavy (non-hydrogen) atoms. The molecular weight excluding hydrogens is 713 g/mol. The first-order valence-electron chi connectivity index (χ1n) is 20.4. The molecular formula is C55H40BN3. The summed E-state index contributed by atoms with van der Waals surface area (Å²) in [5.74, 6) is 0. The van der Waals surface area contributed by atoms with Crippen LogP contribution in [0.25, 0.3) is 22.3 Å². The van der Waals surface area contributed by atoms with E-state index in [2.05, 4.69) is 246 Å². The van der Waals surface area contributed by atoms with Crippen molar-refractivity contribution in [1.29, 1.82) is 0 Å². The standard InChI is InChI=1S/C55H40BN3/c1-39-30-35-51-54-55(39)59(47-29-17-22-42(36-47)40-18-7-2-8-19-40)52-37-43(41-20-9-3-10-21-41)31-33-49(52)56(54)50-34-32-48(38-53(50)58(51)46-27-15-6-16-28-46)57(44-23-11-4-12-24-44)45-25-13-5-14-26-45/h2-38H,1H3. The van der Waals surface area contributed by atoms with E-state index in [-0.39, 0.29) is 6.71 Å². The van der Waals surface area contributed by atoms with Crippen molar-refractivity contribution < 1.29 is 0 Å². The van der Waals surface area contributed by atoms with Crippen LogP contribution in [0, 0.1) is 6.92 Å². The summed E-state index contributed by atoms with van der Waals surface area (Å²) in [6.07, 6.45) is 0. The molecule has 0 bridgehead atoms. The van der Waals surface area contributed by atoms with Crippen molar-refractivity contribution in [2.24, 2.45) is 0 Å². The molecule has 0 aromatic heterocycles. The lowest BCUT2D eigenvalue weighted by atomic mass is 9.33. The van der Waals surface area contributed by atoms with Crippen LogP contribution in [0.5, 0.6) is 0 Å². The lowest BCUT2D eigenvalue weighted by Crippen LogP contribution is -2.61. The summed E-state index contributed by atoms with van der Waals surface area (Å²) in [5.41, 5.74) is 20.3. The van der Waals surface area contributed by atoms with E-state index in [9.17, 15) is 0 Å². The molecule has 4 heteroatoms. The van der Waals surface area contributed by atoms with Crippen LogP contribution in [-0.2, 0) is 0 Å². The molecule has 0 spiro atoms. The molecule has 2 aliphatic heterocycles. The molecule has 3 nitrogen and oxygen atoms in total. The second-order valence-electron chi connectivity index (χ2n) is 15.4. The van der Waals surface area contributed by atoms with Crippen molar-refractivity contribution >= 4 is 74.3 Å². The van der Waals surface area contributed by atoms with Gasteiger partial charge in [-0.05, 0) is 124 Å². The first kappa shape index (κ1) is 34.7. The van der Waals surface area contributed by atoms with Crippen LogP contribution < -0.4 is 31.1 Å². The Bertz CT molecular complexity index is 2910. The molecule has 9 aromatic carbocycles. The van der Waals surface area contributed by atoms with Crippen molar-refractivity contribution in [3.8, 4) is 22.3 Å². The lowest BCUT2D eigenvalue weighted by Gasteiger charge is -2.45. The fourth-order valence-electron chi connectivity index (χ4n) is 9.29. The van der Waals surface area contributed by atoms with Crippen molar-refractivity contribution in [3.63, 3.8) is 0 Å². The van der Waals surface area contributed by atoms with Crippen LogP contribution in [0.1, 0.15) is 5.56 Å². The van der Waals surface area contributed by atoms with Crippen molar-refractivity contribution in [2.45, 2.75) is 6.92 Å². The monoisotopic (exact) mass is 753 g/mol. The molecule has 0 saturated heterocycles. The van der Waals surface area contributed by atoms with E-state index in [4.69, 9.17) is 0 Å². The smallest absolute Gasteiger partial charge is 0.252 e. The van der Waals surface area contributed by atoms with Gasteiger partial charge < -0.3 is 14.7 Å². The van der Waals surface area contributed by atoms with Crippen LogP contribution in [-0.4, -0.2) is 6.71 Å². The molecule has 0 atom stereocenters. The maximum absolute atomic E-state index is 2.54. The molecule has 2 heterocycles. The predicted molar refractivity (Wildman–Crippen MR) is 251 cm³/mol. The average Bonchev–Trinajstić information content (AvgIpc) is 3.31. The second kappa shape index (κ2) is 14.4. The molecule has 2 aliphatic rings. The fourth-order valence-corrected chi connectivity index (χ4v) is 9.29. The summed E-state index contributed by atoms with van der Waals surface area (Å²) in [6, 6.07) is 81.7. The fraction of sp³-hybridized carbons (Fsp3) is 0.0182. The van der Waals surface area contributed by atoms with Gasteiger partial charge >= 0.3 is 0 Å². The zero-order valence-electron chi connectivity index (χ0n) is 32.8.